The van der Waals surface area contributed by atoms with Crippen LogP contribution in [0.3, 0.4) is 0 Å². The summed E-state index contributed by atoms with van der Waals surface area (Å²) in [5.41, 5.74) is 0. The number of rotatable bonds is 3. The van der Waals surface area contributed by atoms with E-state index in [0.717, 1.165) is 0 Å². The van der Waals surface area contributed by atoms with Gasteiger partial charge in [-0.15, -0.1) is 0 Å². The van der Waals surface area contributed by atoms with Gasteiger partial charge < -0.3 is 18.9 Å². The highest BCUT2D eigenvalue weighted by atomic mass is 16.8. The molecule has 74 valence electrons. The van der Waals surface area contributed by atoms with Crippen LogP contribution in [0.25, 0.3) is 0 Å². The van der Waals surface area contributed by atoms with Gasteiger partial charge in [-0.05, 0) is 12.2 Å². The van der Waals surface area contributed by atoms with Crippen LogP contribution in [0.2, 0.25) is 0 Å². The van der Waals surface area contributed by atoms with E-state index in [1.165, 1.54) is 27.4 Å². The second-order valence-corrected chi connectivity index (χ2v) is 2.44. The lowest BCUT2D eigenvalue weighted by molar-refractivity contribution is -0.248. The maximum Gasteiger partial charge on any atom is 0.371 e. The average molecular weight is 188 g/mol. The van der Waals surface area contributed by atoms with Crippen molar-refractivity contribution in [3.63, 3.8) is 0 Å². The van der Waals surface area contributed by atoms with Crippen LogP contribution < -0.4 is 0 Å². The highest BCUT2D eigenvalue weighted by Crippen LogP contribution is 2.25. The number of carbonyl (C=O) groups is 1. The molecule has 1 heterocycles. The molecule has 0 fully saturated rings. The monoisotopic (exact) mass is 188 g/mol. The minimum Gasteiger partial charge on any atom is -0.465 e. The van der Waals surface area contributed by atoms with Gasteiger partial charge in [-0.1, -0.05) is 0 Å². The van der Waals surface area contributed by atoms with Gasteiger partial charge in [-0.3, -0.25) is 0 Å². The molecule has 0 saturated heterocycles. The third-order valence-corrected chi connectivity index (χ3v) is 1.77. The molecule has 0 saturated carbocycles. The highest BCUT2D eigenvalue weighted by Gasteiger charge is 2.44. The van der Waals surface area contributed by atoms with Gasteiger partial charge in [0, 0.05) is 14.2 Å². The smallest absolute Gasteiger partial charge is 0.371 e. The number of esters is 1. The van der Waals surface area contributed by atoms with Gasteiger partial charge >= 0.3 is 5.97 Å². The molecule has 0 N–H and O–H groups in total. The summed E-state index contributed by atoms with van der Waals surface area (Å²) in [5, 5.41) is 0. The summed E-state index contributed by atoms with van der Waals surface area (Å²) in [7, 11) is 4.09. The Bertz CT molecular complexity index is 225. The summed E-state index contributed by atoms with van der Waals surface area (Å²) < 4.78 is 19.5. The fourth-order valence-electron chi connectivity index (χ4n) is 1.04. The van der Waals surface area contributed by atoms with Gasteiger partial charge in [-0.2, -0.15) is 0 Å². The maximum atomic E-state index is 11.2. The van der Waals surface area contributed by atoms with Gasteiger partial charge in [0.1, 0.15) is 0 Å². The van der Waals surface area contributed by atoms with Crippen molar-refractivity contribution in [2.24, 2.45) is 0 Å². The number of hydrogen-bond acceptors (Lipinski definition) is 5. The van der Waals surface area contributed by atoms with Gasteiger partial charge in [0.2, 0.25) is 0 Å². The summed E-state index contributed by atoms with van der Waals surface area (Å²) in [6.45, 7) is 0. The first kappa shape index (κ1) is 10.2. The topological polar surface area (TPSA) is 54.0 Å². The summed E-state index contributed by atoms with van der Waals surface area (Å²) in [6, 6.07) is 0. The van der Waals surface area contributed by atoms with Crippen molar-refractivity contribution in [1.82, 2.24) is 0 Å². The molecule has 5 heteroatoms. The van der Waals surface area contributed by atoms with E-state index in [4.69, 9.17) is 14.2 Å². The van der Waals surface area contributed by atoms with Crippen LogP contribution >= 0.6 is 0 Å². The number of methoxy groups -OCH3 is 3. The number of carbonyl (C=O) groups excluding carboxylic acids is 1. The second-order valence-electron chi connectivity index (χ2n) is 2.44. The molecule has 1 aliphatic rings. The van der Waals surface area contributed by atoms with E-state index >= 15 is 0 Å². The molecule has 2 atom stereocenters. The molecular formula is C8H12O5. The molecular weight excluding hydrogens is 176 g/mol. The minimum atomic E-state index is -1.45. The van der Waals surface area contributed by atoms with Crippen LogP contribution in [0.4, 0.5) is 0 Å². The number of ether oxygens (including phenoxy) is 4. The second kappa shape index (κ2) is 3.87. The third kappa shape index (κ3) is 1.72. The minimum absolute atomic E-state index is 0.570. The molecule has 1 rings (SSSR count). The zero-order valence-corrected chi connectivity index (χ0v) is 7.77. The van der Waals surface area contributed by atoms with E-state index in [1.807, 2.05) is 0 Å². The Hall–Kier alpha value is -0.910. The van der Waals surface area contributed by atoms with E-state index in [9.17, 15) is 4.79 Å². The van der Waals surface area contributed by atoms with Crippen LogP contribution in [0.1, 0.15) is 0 Å². The molecule has 0 amide bonds. The first-order chi connectivity index (χ1) is 6.18. The lowest BCUT2D eigenvalue weighted by Crippen LogP contribution is -2.41. The third-order valence-electron chi connectivity index (χ3n) is 1.77. The number of hydrogen-bond donors (Lipinski definition) is 0. The van der Waals surface area contributed by atoms with Crippen molar-refractivity contribution >= 4 is 5.97 Å². The first-order valence-electron chi connectivity index (χ1n) is 3.72. The van der Waals surface area contributed by atoms with Crippen molar-refractivity contribution in [2.45, 2.75) is 12.1 Å². The van der Waals surface area contributed by atoms with Crippen LogP contribution in [-0.4, -0.2) is 39.4 Å². The lowest BCUT2D eigenvalue weighted by atomic mass is 10.3. The SMILES string of the molecule is COC(=O)[C@@]1(OC)C=C[C@@H](OC)O1. The Morgan fingerprint density at radius 3 is 2.54 bits per heavy atom. The quantitative estimate of drug-likeness (QED) is 0.463. The Labute approximate surface area is 76.2 Å². The van der Waals surface area contributed by atoms with Gasteiger partial charge in [0.15, 0.2) is 6.29 Å². The molecule has 0 spiro atoms. The lowest BCUT2D eigenvalue weighted by Gasteiger charge is -2.23. The Balaban J connectivity index is 2.75. The van der Waals surface area contributed by atoms with Crippen molar-refractivity contribution in [1.29, 1.82) is 0 Å². The molecule has 0 aliphatic carbocycles. The van der Waals surface area contributed by atoms with E-state index < -0.39 is 18.0 Å². The molecule has 0 aromatic heterocycles. The van der Waals surface area contributed by atoms with E-state index in [1.54, 1.807) is 6.08 Å². The Morgan fingerprint density at radius 1 is 1.46 bits per heavy atom. The van der Waals surface area contributed by atoms with Crippen molar-refractivity contribution in [2.75, 3.05) is 21.3 Å². The zero-order chi connectivity index (χ0) is 9.90. The molecule has 5 nitrogen and oxygen atoms in total. The molecule has 0 bridgehead atoms. The Morgan fingerprint density at radius 2 is 2.15 bits per heavy atom. The van der Waals surface area contributed by atoms with E-state index in [2.05, 4.69) is 4.74 Å². The predicted molar refractivity (Wildman–Crippen MR) is 42.8 cm³/mol. The first-order valence-corrected chi connectivity index (χ1v) is 3.72. The summed E-state index contributed by atoms with van der Waals surface area (Å²) in [5.74, 6) is -2.05. The predicted octanol–water partition coefficient (Wildman–Crippen LogP) is 0.0610. The molecule has 0 unspecified atom stereocenters. The fourth-order valence-corrected chi connectivity index (χ4v) is 1.04. The van der Waals surface area contributed by atoms with Crippen LogP contribution in [-0.2, 0) is 23.7 Å². The molecule has 0 radical (unpaired) electrons. The van der Waals surface area contributed by atoms with Crippen molar-refractivity contribution in [3.8, 4) is 0 Å². The van der Waals surface area contributed by atoms with Crippen LogP contribution in [0.5, 0.6) is 0 Å². The van der Waals surface area contributed by atoms with Gasteiger partial charge in [0.05, 0.1) is 7.11 Å². The standard InChI is InChI=1S/C8H12O5/c1-10-6-4-5-8(12-3,13-6)7(9)11-2/h4-6H,1-3H3/t6-,8+/m0/s1. The summed E-state index contributed by atoms with van der Waals surface area (Å²) >= 11 is 0. The van der Waals surface area contributed by atoms with Crippen molar-refractivity contribution < 1.29 is 23.7 Å². The van der Waals surface area contributed by atoms with Crippen molar-refractivity contribution in [3.05, 3.63) is 12.2 Å². The van der Waals surface area contributed by atoms with E-state index in [-0.39, 0.29) is 0 Å². The van der Waals surface area contributed by atoms with Crippen LogP contribution in [0.15, 0.2) is 12.2 Å². The highest BCUT2D eigenvalue weighted by molar-refractivity contribution is 5.80. The maximum absolute atomic E-state index is 11.2. The zero-order valence-electron chi connectivity index (χ0n) is 7.77. The van der Waals surface area contributed by atoms with Gasteiger partial charge in [-0.25, -0.2) is 4.79 Å². The summed E-state index contributed by atoms with van der Waals surface area (Å²) in [6.07, 6.45) is 2.48. The fraction of sp³-hybridized carbons (Fsp3) is 0.625. The molecule has 0 aromatic carbocycles. The molecule has 1 aliphatic heterocycles. The average Bonchev–Trinajstić information content (AvgIpc) is 2.61. The van der Waals surface area contributed by atoms with Crippen LogP contribution in [0, 0.1) is 0 Å². The Kier molecular flexibility index (Phi) is 3.02. The largest absolute Gasteiger partial charge is 0.465 e. The molecule has 13 heavy (non-hydrogen) atoms. The summed E-state index contributed by atoms with van der Waals surface area (Å²) in [4.78, 5) is 11.2. The van der Waals surface area contributed by atoms with E-state index in [0.29, 0.717) is 0 Å². The normalized spacial score (nSPS) is 32.1. The molecule has 0 aromatic rings. The van der Waals surface area contributed by atoms with Gasteiger partial charge in [0.25, 0.3) is 5.79 Å².